The van der Waals surface area contributed by atoms with Crippen molar-refractivity contribution >= 4 is 42.1 Å². The molecule has 0 heterocycles. The lowest BCUT2D eigenvalue weighted by atomic mass is 9.78. The monoisotopic (exact) mass is 634 g/mol. The van der Waals surface area contributed by atoms with Gasteiger partial charge in [-0.1, -0.05) is 36.4 Å². The first-order chi connectivity index (χ1) is 21.3. The van der Waals surface area contributed by atoms with Crippen LogP contribution in [-0.2, 0) is 35.7 Å². The molecule has 12 nitrogen and oxygen atoms in total. The molecule has 0 bridgehead atoms. The average Bonchev–Trinajstić information content (AvgIpc) is 2.99. The van der Waals surface area contributed by atoms with Crippen molar-refractivity contribution in [3.8, 4) is 0 Å². The van der Waals surface area contributed by atoms with Gasteiger partial charge in [0.15, 0.2) is 5.54 Å². The fourth-order valence-corrected chi connectivity index (χ4v) is 4.38. The predicted molar refractivity (Wildman–Crippen MR) is 145 cm³/mol. The summed E-state index contributed by atoms with van der Waals surface area (Å²) in [5, 5.41) is 5.96. The van der Waals surface area contributed by atoms with E-state index >= 15 is 0 Å². The zero-order chi connectivity index (χ0) is 33.4. The van der Waals surface area contributed by atoms with Crippen LogP contribution in [0.4, 0.5) is 27.6 Å². The highest BCUT2D eigenvalue weighted by atomic mass is 19.4. The molecule has 0 saturated carbocycles. The Morgan fingerprint density at radius 2 is 1.38 bits per heavy atom. The number of anilines is 1. The third kappa shape index (κ3) is 7.20. The molecule has 0 aliphatic heterocycles. The van der Waals surface area contributed by atoms with Crippen molar-refractivity contribution in [2.24, 2.45) is 5.73 Å². The molecule has 0 spiro atoms. The van der Waals surface area contributed by atoms with Gasteiger partial charge in [-0.2, -0.15) is 13.2 Å². The van der Waals surface area contributed by atoms with E-state index in [0.29, 0.717) is 6.07 Å². The molecule has 1 atom stereocenters. The van der Waals surface area contributed by atoms with E-state index in [1.807, 2.05) is 16.0 Å². The third-order valence-corrected chi connectivity index (χ3v) is 6.20. The number of benzene rings is 3. The maximum absolute atomic E-state index is 14.9. The molecule has 3 aromatic carbocycles. The Kier molecular flexibility index (Phi) is 10.5. The quantitative estimate of drug-likeness (QED) is 0.114. The highest BCUT2D eigenvalue weighted by molar-refractivity contribution is 6.04. The van der Waals surface area contributed by atoms with E-state index in [2.05, 4.69) is 5.43 Å². The number of nitrogens with one attached hydrogen (secondary N) is 4. The van der Waals surface area contributed by atoms with Gasteiger partial charge in [-0.3, -0.25) is 34.2 Å². The number of nitrogens with two attached hydrogens (primary N) is 1. The van der Waals surface area contributed by atoms with Gasteiger partial charge in [0.1, 0.15) is 17.2 Å². The molecular formula is C28H23F5N6O6. The van der Waals surface area contributed by atoms with Crippen molar-refractivity contribution in [2.75, 3.05) is 18.4 Å². The summed E-state index contributed by atoms with van der Waals surface area (Å²) in [5.41, 5.74) is -0.506. The summed E-state index contributed by atoms with van der Waals surface area (Å²) in [4.78, 5) is 74.8. The number of amides is 6. The van der Waals surface area contributed by atoms with Crippen molar-refractivity contribution in [1.82, 2.24) is 21.1 Å². The Labute approximate surface area is 250 Å². The molecule has 45 heavy (non-hydrogen) atoms. The van der Waals surface area contributed by atoms with Gasteiger partial charge >= 0.3 is 6.18 Å². The van der Waals surface area contributed by atoms with Gasteiger partial charge in [-0.25, -0.2) is 13.8 Å². The van der Waals surface area contributed by atoms with Crippen LogP contribution < -0.4 is 27.1 Å². The highest BCUT2D eigenvalue weighted by Gasteiger charge is 2.53. The smallest absolute Gasteiger partial charge is 0.367 e. The zero-order valence-electron chi connectivity index (χ0n) is 22.8. The van der Waals surface area contributed by atoms with Gasteiger partial charge in [0.25, 0.3) is 17.7 Å². The molecule has 1 unspecified atom stereocenters. The second-order valence-electron chi connectivity index (χ2n) is 9.01. The molecule has 0 saturated heterocycles. The minimum Gasteiger partial charge on any atom is -0.367 e. The zero-order valence-corrected chi connectivity index (χ0v) is 22.8. The molecular weight excluding hydrogens is 611 g/mol. The Morgan fingerprint density at radius 1 is 0.800 bits per heavy atom. The Balaban J connectivity index is 2.55. The Hall–Kier alpha value is -5.87. The van der Waals surface area contributed by atoms with Crippen LogP contribution in [0.2, 0.25) is 0 Å². The molecule has 0 aromatic heterocycles. The number of hydrogen-bond acceptors (Lipinski definition) is 6. The minimum atomic E-state index is -5.56. The fraction of sp³-hybridized carbons (Fsp3) is 0.143. The molecule has 3 aromatic rings. The van der Waals surface area contributed by atoms with Gasteiger partial charge in [0.05, 0.1) is 18.8 Å². The summed E-state index contributed by atoms with van der Waals surface area (Å²) >= 11 is 0. The number of alkyl halides is 3. The van der Waals surface area contributed by atoms with Crippen LogP contribution in [0.15, 0.2) is 66.7 Å². The first-order valence-electron chi connectivity index (χ1n) is 12.6. The van der Waals surface area contributed by atoms with Crippen LogP contribution in [-0.4, -0.2) is 54.5 Å². The summed E-state index contributed by atoms with van der Waals surface area (Å²) in [6.07, 6.45) is -5.40. The molecule has 3 rings (SSSR count). The summed E-state index contributed by atoms with van der Waals surface area (Å²) < 4.78 is 72.2. The van der Waals surface area contributed by atoms with E-state index in [9.17, 15) is 50.7 Å². The van der Waals surface area contributed by atoms with Crippen LogP contribution in [0.3, 0.4) is 0 Å². The first-order valence-corrected chi connectivity index (χ1v) is 12.6. The summed E-state index contributed by atoms with van der Waals surface area (Å²) in [6, 6.07) is 10.8. The van der Waals surface area contributed by atoms with Crippen LogP contribution in [0.5, 0.6) is 0 Å². The SMILES string of the molecule is NC(=O)C(c1ccc(F)cc1)(c1ccc(F)c(C(F)(F)F)c1NC(=O)CNC=O)N(NC(=O)CNC=O)C(=O)c1ccccc1. The Morgan fingerprint density at radius 3 is 1.91 bits per heavy atom. The third-order valence-electron chi connectivity index (χ3n) is 6.20. The van der Waals surface area contributed by atoms with Gasteiger partial charge < -0.3 is 21.7 Å². The first kappa shape index (κ1) is 33.6. The maximum Gasteiger partial charge on any atom is 0.421 e. The number of hydrogen-bond donors (Lipinski definition) is 5. The van der Waals surface area contributed by atoms with Crippen LogP contribution in [0.25, 0.3) is 0 Å². The number of halogens is 5. The normalized spacial score (nSPS) is 12.2. The number of nitrogens with zero attached hydrogens (tertiary/aromatic N) is 1. The van der Waals surface area contributed by atoms with E-state index in [4.69, 9.17) is 5.73 Å². The van der Waals surface area contributed by atoms with E-state index in [-0.39, 0.29) is 29.5 Å². The lowest BCUT2D eigenvalue weighted by Crippen LogP contribution is -2.65. The number of primary amides is 1. The molecule has 6 amide bonds. The van der Waals surface area contributed by atoms with Crippen molar-refractivity contribution < 1.29 is 50.7 Å². The number of carbonyl (C=O) groups is 6. The summed E-state index contributed by atoms with van der Waals surface area (Å²) in [7, 11) is 0. The molecule has 0 radical (unpaired) electrons. The number of carbonyl (C=O) groups excluding carboxylic acids is 6. The van der Waals surface area contributed by atoms with Crippen molar-refractivity contribution in [3.63, 3.8) is 0 Å². The lowest BCUT2D eigenvalue weighted by molar-refractivity contribution is -0.140. The van der Waals surface area contributed by atoms with Gasteiger partial charge in [0, 0.05) is 11.1 Å². The number of rotatable bonds is 12. The van der Waals surface area contributed by atoms with E-state index in [1.165, 1.54) is 30.3 Å². The van der Waals surface area contributed by atoms with Crippen molar-refractivity contribution in [2.45, 2.75) is 11.7 Å². The van der Waals surface area contributed by atoms with Crippen molar-refractivity contribution in [3.05, 3.63) is 101 Å². The maximum atomic E-state index is 14.9. The second-order valence-corrected chi connectivity index (χ2v) is 9.01. The summed E-state index contributed by atoms with van der Waals surface area (Å²) in [5.74, 6) is -8.29. The fourth-order valence-electron chi connectivity index (χ4n) is 4.38. The van der Waals surface area contributed by atoms with Crippen LogP contribution in [0.1, 0.15) is 27.0 Å². The van der Waals surface area contributed by atoms with Gasteiger partial charge in [-0.15, -0.1) is 0 Å². The topological polar surface area (TPSA) is 180 Å². The second kappa shape index (κ2) is 14.1. The summed E-state index contributed by atoms with van der Waals surface area (Å²) in [6.45, 7) is -1.74. The molecule has 0 fully saturated rings. The van der Waals surface area contributed by atoms with E-state index < -0.39 is 82.4 Å². The van der Waals surface area contributed by atoms with E-state index in [0.717, 1.165) is 24.3 Å². The molecule has 6 N–H and O–H groups in total. The van der Waals surface area contributed by atoms with Gasteiger partial charge in [-0.05, 0) is 35.9 Å². The Bertz CT molecular complexity index is 1600. The van der Waals surface area contributed by atoms with Crippen LogP contribution in [0, 0.1) is 11.6 Å². The van der Waals surface area contributed by atoms with E-state index in [1.54, 1.807) is 0 Å². The number of hydrazine groups is 1. The predicted octanol–water partition coefficient (Wildman–Crippen LogP) is 1.32. The van der Waals surface area contributed by atoms with Crippen LogP contribution >= 0.6 is 0 Å². The molecule has 17 heteroatoms. The highest BCUT2D eigenvalue weighted by Crippen LogP contribution is 2.46. The average molecular weight is 635 g/mol. The minimum absolute atomic E-state index is 0.0477. The lowest BCUT2D eigenvalue weighted by Gasteiger charge is -2.43. The molecule has 0 aliphatic rings. The van der Waals surface area contributed by atoms with Gasteiger partial charge in [0.2, 0.25) is 18.7 Å². The van der Waals surface area contributed by atoms with Crippen molar-refractivity contribution in [1.29, 1.82) is 0 Å². The molecule has 236 valence electrons. The molecule has 0 aliphatic carbocycles. The standard InChI is InChI=1S/C28H23F5N6O6/c29-18-8-6-17(7-9-18)27(26(34)45,39(38-22(43)13-36-15-41)25(44)16-4-2-1-3-5-16)19-10-11-20(30)23(28(31,32)33)24(19)37-21(42)12-35-14-40/h1-11,14-15H,12-13H2,(H2,34,45)(H,35,40)(H,36,41)(H,37,42)(H,38,43). The largest absolute Gasteiger partial charge is 0.421 e.